The molecule has 0 radical (unpaired) electrons. The van der Waals surface area contributed by atoms with Crippen LogP contribution in [0.25, 0.3) is 0 Å². The second kappa shape index (κ2) is 20.2. The summed E-state index contributed by atoms with van der Waals surface area (Å²) in [5, 5.41) is 0. The number of ether oxygens (including phenoxy) is 6. The van der Waals surface area contributed by atoms with Gasteiger partial charge in [-0.3, -0.25) is 9.80 Å². The number of hydrogen-bond acceptors (Lipinski definition) is 8. The van der Waals surface area contributed by atoms with Crippen molar-refractivity contribution in [1.29, 1.82) is 0 Å². The van der Waals surface area contributed by atoms with Crippen molar-refractivity contribution in [3.63, 3.8) is 0 Å². The monoisotopic (exact) mass is 849 g/mol. The fourth-order valence-electron chi connectivity index (χ4n) is 7.95. The van der Waals surface area contributed by atoms with Gasteiger partial charge in [0, 0.05) is 61.5 Å². The summed E-state index contributed by atoms with van der Waals surface area (Å²) in [6, 6.07) is 26.7. The first-order chi connectivity index (χ1) is 29.2. The Labute approximate surface area is 374 Å². The van der Waals surface area contributed by atoms with E-state index in [0.717, 1.165) is 58.3 Å². The Morgan fingerprint density at radius 3 is 0.790 bits per heavy atom. The molecule has 4 aromatic carbocycles. The van der Waals surface area contributed by atoms with Gasteiger partial charge in [0.05, 0.1) is 26.4 Å². The highest BCUT2D eigenvalue weighted by Crippen LogP contribution is 2.35. The summed E-state index contributed by atoms with van der Waals surface area (Å²) < 4.78 is 39.3. The Hall–Kier alpha value is -4.08. The molecule has 0 saturated carbocycles. The van der Waals surface area contributed by atoms with Crippen LogP contribution in [0, 0.1) is 0 Å². The van der Waals surface area contributed by atoms with Crippen LogP contribution in [-0.2, 0) is 57.3 Å². The van der Waals surface area contributed by atoms with Gasteiger partial charge >= 0.3 is 0 Å². The van der Waals surface area contributed by atoms with Crippen molar-refractivity contribution in [2.24, 2.45) is 0 Å². The average Bonchev–Trinajstić information content (AvgIpc) is 3.18. The normalized spacial score (nSPS) is 19.4. The van der Waals surface area contributed by atoms with E-state index in [4.69, 9.17) is 28.4 Å². The van der Waals surface area contributed by atoms with E-state index in [-0.39, 0.29) is 21.7 Å². The maximum absolute atomic E-state index is 6.67. The highest BCUT2D eigenvalue weighted by Gasteiger charge is 2.24. The summed E-state index contributed by atoms with van der Waals surface area (Å²) in [6.45, 7) is 35.1. The zero-order valence-corrected chi connectivity index (χ0v) is 40.2. The molecule has 0 aromatic heterocycles. The van der Waals surface area contributed by atoms with Gasteiger partial charge in [-0.2, -0.15) is 0 Å². The number of fused-ring (bicyclic) bond motifs is 13. The first kappa shape index (κ1) is 47.4. The van der Waals surface area contributed by atoms with Gasteiger partial charge in [-0.05, 0) is 68.2 Å². The lowest BCUT2D eigenvalue weighted by Gasteiger charge is -2.29. The first-order valence-electron chi connectivity index (χ1n) is 22.9. The third-order valence-corrected chi connectivity index (χ3v) is 12.0. The molecule has 0 fully saturated rings. The fourth-order valence-corrected chi connectivity index (χ4v) is 7.95. The molecular formula is C54H76N2O6. The van der Waals surface area contributed by atoms with Crippen molar-refractivity contribution in [2.75, 3.05) is 65.9 Å². The standard InChI is InChI=1S/C54H76N2O6/c1-51(2,3)43-13-17-47-39(31-43)35-55-21-23-57-25-26-58-24-22-56(37-41-33-45(53(7,8)9)15-19-49(41)60-28-27-59-47)38-42-34-46(54(10,11)12)16-20-50(42)62-30-29-61-48-18-14-44(52(4,5)6)32-40(48)36-55/h13-20,31-34H,21-30,35-38H2,1-12H3. The third-order valence-electron chi connectivity index (χ3n) is 12.0. The van der Waals surface area contributed by atoms with Crippen LogP contribution in [0.1, 0.15) is 128 Å². The molecule has 0 amide bonds. The first-order valence-corrected chi connectivity index (χ1v) is 22.9. The summed E-state index contributed by atoms with van der Waals surface area (Å²) >= 11 is 0. The van der Waals surface area contributed by atoms with Gasteiger partial charge in [-0.1, -0.05) is 132 Å². The largest absolute Gasteiger partial charge is 0.490 e. The molecule has 8 nitrogen and oxygen atoms in total. The van der Waals surface area contributed by atoms with Crippen molar-refractivity contribution >= 4 is 0 Å². The molecule has 338 valence electrons. The summed E-state index contributed by atoms with van der Waals surface area (Å²) in [7, 11) is 0. The molecule has 2 heterocycles. The zero-order valence-electron chi connectivity index (χ0n) is 40.2. The molecule has 2 bridgehead atoms. The summed E-state index contributed by atoms with van der Waals surface area (Å²) in [6.07, 6.45) is 0. The van der Waals surface area contributed by atoms with E-state index in [0.29, 0.717) is 79.0 Å². The van der Waals surface area contributed by atoms with E-state index in [1.807, 2.05) is 0 Å². The molecular weight excluding hydrogens is 773 g/mol. The maximum Gasteiger partial charge on any atom is 0.123 e. The van der Waals surface area contributed by atoms with Gasteiger partial charge in [-0.25, -0.2) is 0 Å². The Kier molecular flexibility index (Phi) is 15.4. The minimum absolute atomic E-state index is 0.0269. The summed E-state index contributed by atoms with van der Waals surface area (Å²) in [4.78, 5) is 4.91. The van der Waals surface area contributed by atoms with Crippen LogP contribution in [0.5, 0.6) is 23.0 Å². The molecule has 0 spiro atoms. The van der Waals surface area contributed by atoms with Crippen LogP contribution in [0.4, 0.5) is 0 Å². The predicted molar refractivity (Wildman–Crippen MR) is 252 cm³/mol. The van der Waals surface area contributed by atoms with Gasteiger partial charge in [-0.15, -0.1) is 0 Å². The molecule has 6 rings (SSSR count). The van der Waals surface area contributed by atoms with Crippen molar-refractivity contribution in [1.82, 2.24) is 9.80 Å². The number of benzene rings is 4. The van der Waals surface area contributed by atoms with E-state index < -0.39 is 0 Å². The molecule has 2 aliphatic heterocycles. The number of rotatable bonds is 0. The lowest BCUT2D eigenvalue weighted by Crippen LogP contribution is -2.30. The van der Waals surface area contributed by atoms with E-state index in [9.17, 15) is 0 Å². The average molecular weight is 849 g/mol. The molecule has 62 heavy (non-hydrogen) atoms. The Morgan fingerprint density at radius 2 is 0.565 bits per heavy atom. The topological polar surface area (TPSA) is 61.9 Å². The van der Waals surface area contributed by atoms with Crippen molar-refractivity contribution in [2.45, 2.75) is 131 Å². The van der Waals surface area contributed by atoms with Gasteiger partial charge < -0.3 is 28.4 Å². The Morgan fingerprint density at radius 1 is 0.323 bits per heavy atom. The predicted octanol–water partition coefficient (Wildman–Crippen LogP) is 11.2. The SMILES string of the molecule is CC(C)(C)c1ccc2c(c1)CN1CCOCCOCCN(Cc3cc(C(C)(C)C)ccc3OCCO2)Cc2cc(C(C)(C)C)ccc2OCCOc2ccc(C(C)(C)C)cc2C1. The van der Waals surface area contributed by atoms with Crippen LogP contribution in [0.15, 0.2) is 72.8 Å². The van der Waals surface area contributed by atoms with Crippen LogP contribution < -0.4 is 18.9 Å². The molecule has 8 heteroatoms. The molecule has 0 atom stereocenters. The molecule has 2 aliphatic rings. The minimum atomic E-state index is -0.0269. The smallest absolute Gasteiger partial charge is 0.123 e. The van der Waals surface area contributed by atoms with E-state index in [1.165, 1.54) is 22.3 Å². The summed E-state index contributed by atoms with van der Waals surface area (Å²) in [5.74, 6) is 3.49. The molecule has 0 saturated heterocycles. The van der Waals surface area contributed by atoms with Crippen LogP contribution in [-0.4, -0.2) is 75.7 Å². The number of hydrogen-bond donors (Lipinski definition) is 0. The zero-order chi connectivity index (χ0) is 44.7. The van der Waals surface area contributed by atoms with Gasteiger partial charge in [0.1, 0.15) is 49.4 Å². The number of nitrogens with zero attached hydrogens (tertiary/aromatic N) is 2. The van der Waals surface area contributed by atoms with Crippen LogP contribution >= 0.6 is 0 Å². The highest BCUT2D eigenvalue weighted by atomic mass is 16.5. The second-order valence-electron chi connectivity index (χ2n) is 21.3. The highest BCUT2D eigenvalue weighted by molar-refractivity contribution is 5.44. The molecule has 0 unspecified atom stereocenters. The van der Waals surface area contributed by atoms with Crippen molar-refractivity contribution in [3.05, 3.63) is 117 Å². The molecule has 0 aliphatic carbocycles. The minimum Gasteiger partial charge on any atom is -0.490 e. The van der Waals surface area contributed by atoms with Gasteiger partial charge in [0.2, 0.25) is 0 Å². The van der Waals surface area contributed by atoms with Gasteiger partial charge in [0.15, 0.2) is 0 Å². The fraction of sp³-hybridized carbons (Fsp3) is 0.556. The Bertz CT molecular complexity index is 1790. The third kappa shape index (κ3) is 13.2. The van der Waals surface area contributed by atoms with Crippen LogP contribution in [0.2, 0.25) is 0 Å². The molecule has 0 N–H and O–H groups in total. The van der Waals surface area contributed by atoms with E-state index in [2.05, 4.69) is 166 Å². The van der Waals surface area contributed by atoms with Crippen LogP contribution in [0.3, 0.4) is 0 Å². The van der Waals surface area contributed by atoms with E-state index >= 15 is 0 Å². The lowest BCUT2D eigenvalue weighted by atomic mass is 9.85. The molecule has 4 aromatic rings. The van der Waals surface area contributed by atoms with Gasteiger partial charge in [0.25, 0.3) is 0 Å². The van der Waals surface area contributed by atoms with Crippen molar-refractivity contribution in [3.8, 4) is 23.0 Å². The Balaban J connectivity index is 1.46. The quantitative estimate of drug-likeness (QED) is 0.162. The lowest BCUT2D eigenvalue weighted by molar-refractivity contribution is 0.0279. The van der Waals surface area contributed by atoms with E-state index in [1.54, 1.807) is 0 Å². The van der Waals surface area contributed by atoms with Crippen molar-refractivity contribution < 1.29 is 28.4 Å². The summed E-state index contributed by atoms with van der Waals surface area (Å²) in [5.41, 5.74) is 9.51. The second-order valence-corrected chi connectivity index (χ2v) is 21.3. The maximum atomic E-state index is 6.67.